The fraction of sp³-hybridized carbons (Fsp3) is 0.529. The summed E-state index contributed by atoms with van der Waals surface area (Å²) in [5, 5.41) is 4.15. The van der Waals surface area contributed by atoms with Gasteiger partial charge in [-0.2, -0.15) is 0 Å². The quantitative estimate of drug-likeness (QED) is 0.936. The van der Waals surface area contributed by atoms with Gasteiger partial charge < -0.3 is 15.0 Å². The molecule has 1 amide bonds. The first-order valence-electron chi connectivity index (χ1n) is 8.23. The van der Waals surface area contributed by atoms with Crippen LogP contribution in [0.15, 0.2) is 18.2 Å². The van der Waals surface area contributed by atoms with Gasteiger partial charge in [0.1, 0.15) is 5.75 Å². The second-order valence-electron chi connectivity index (χ2n) is 6.40. The van der Waals surface area contributed by atoms with E-state index in [1.165, 1.54) is 0 Å². The molecule has 2 heterocycles. The SMILES string of the molecule is COc1ccc2nc(N3CCCC(C(=O)NC4CC4)C3)sc2c1. The van der Waals surface area contributed by atoms with Gasteiger partial charge in [0, 0.05) is 19.1 Å². The summed E-state index contributed by atoms with van der Waals surface area (Å²) in [6.45, 7) is 1.75. The highest BCUT2D eigenvalue weighted by atomic mass is 32.1. The molecule has 1 saturated carbocycles. The molecule has 0 spiro atoms. The van der Waals surface area contributed by atoms with Crippen molar-refractivity contribution in [3.63, 3.8) is 0 Å². The van der Waals surface area contributed by atoms with Crippen LogP contribution in [-0.2, 0) is 4.79 Å². The molecule has 1 unspecified atom stereocenters. The molecular formula is C17H21N3O2S. The number of aromatic nitrogens is 1. The maximum absolute atomic E-state index is 12.3. The monoisotopic (exact) mass is 331 g/mol. The molecule has 2 aromatic rings. The summed E-state index contributed by atoms with van der Waals surface area (Å²) in [4.78, 5) is 19.3. The molecular weight excluding hydrogens is 310 g/mol. The van der Waals surface area contributed by atoms with Crippen molar-refractivity contribution in [3.05, 3.63) is 18.2 Å². The normalized spacial score (nSPS) is 21.4. The van der Waals surface area contributed by atoms with E-state index in [4.69, 9.17) is 9.72 Å². The third-order valence-electron chi connectivity index (χ3n) is 4.57. The molecule has 6 heteroatoms. The number of nitrogens with zero attached hydrogens (tertiary/aromatic N) is 2. The zero-order valence-electron chi connectivity index (χ0n) is 13.2. The number of hydrogen-bond donors (Lipinski definition) is 1. The highest BCUT2D eigenvalue weighted by molar-refractivity contribution is 7.22. The molecule has 4 rings (SSSR count). The zero-order valence-corrected chi connectivity index (χ0v) is 14.1. The van der Waals surface area contributed by atoms with Gasteiger partial charge in [-0.05, 0) is 43.9 Å². The Morgan fingerprint density at radius 3 is 3.04 bits per heavy atom. The molecule has 0 bridgehead atoms. The van der Waals surface area contributed by atoms with Crippen molar-refractivity contribution >= 4 is 32.6 Å². The maximum atomic E-state index is 12.3. The number of amides is 1. The average Bonchev–Trinajstić information content (AvgIpc) is 3.29. The second-order valence-corrected chi connectivity index (χ2v) is 7.41. The van der Waals surface area contributed by atoms with Crippen LogP contribution < -0.4 is 15.0 Å². The summed E-state index contributed by atoms with van der Waals surface area (Å²) in [5.41, 5.74) is 0.996. The molecule has 1 aromatic heterocycles. The second kappa shape index (κ2) is 6.00. The highest BCUT2D eigenvalue weighted by Gasteiger charge is 2.31. The molecule has 23 heavy (non-hydrogen) atoms. The van der Waals surface area contributed by atoms with Crippen LogP contribution in [0.1, 0.15) is 25.7 Å². The molecule has 1 aliphatic carbocycles. The number of carbonyl (C=O) groups excluding carboxylic acids is 1. The molecule has 1 saturated heterocycles. The fourth-order valence-electron chi connectivity index (χ4n) is 3.07. The number of hydrogen-bond acceptors (Lipinski definition) is 5. The molecule has 1 N–H and O–H groups in total. The third kappa shape index (κ3) is 3.13. The standard InChI is InChI=1S/C17H21N3O2S/c1-22-13-6-7-14-15(9-13)23-17(19-14)20-8-2-3-11(10-20)16(21)18-12-4-5-12/h6-7,9,11-12H,2-5,8,10H2,1H3,(H,18,21). The summed E-state index contributed by atoms with van der Waals surface area (Å²) in [6, 6.07) is 6.40. The fourth-order valence-corrected chi connectivity index (χ4v) is 4.10. The van der Waals surface area contributed by atoms with E-state index in [1.807, 2.05) is 18.2 Å². The first-order valence-corrected chi connectivity index (χ1v) is 9.04. The van der Waals surface area contributed by atoms with E-state index >= 15 is 0 Å². The van der Waals surface area contributed by atoms with Crippen LogP contribution in [0, 0.1) is 5.92 Å². The lowest BCUT2D eigenvalue weighted by atomic mass is 9.97. The summed E-state index contributed by atoms with van der Waals surface area (Å²) >= 11 is 1.68. The Labute approximate surface area is 139 Å². The topological polar surface area (TPSA) is 54.5 Å². The summed E-state index contributed by atoms with van der Waals surface area (Å²) in [6.07, 6.45) is 4.31. The van der Waals surface area contributed by atoms with Crippen LogP contribution in [0.25, 0.3) is 10.2 Å². The molecule has 1 aromatic carbocycles. The minimum absolute atomic E-state index is 0.0888. The highest BCUT2D eigenvalue weighted by Crippen LogP contribution is 2.33. The van der Waals surface area contributed by atoms with E-state index in [9.17, 15) is 4.79 Å². The Morgan fingerprint density at radius 1 is 1.39 bits per heavy atom. The predicted molar refractivity (Wildman–Crippen MR) is 92.3 cm³/mol. The van der Waals surface area contributed by atoms with Crippen molar-refractivity contribution in [1.29, 1.82) is 0 Å². The summed E-state index contributed by atoms with van der Waals surface area (Å²) in [7, 11) is 1.68. The Hall–Kier alpha value is -1.82. The van der Waals surface area contributed by atoms with Gasteiger partial charge in [0.05, 0.1) is 23.2 Å². The molecule has 1 aliphatic heterocycles. The maximum Gasteiger partial charge on any atom is 0.225 e. The van der Waals surface area contributed by atoms with Crippen molar-refractivity contribution < 1.29 is 9.53 Å². The van der Waals surface area contributed by atoms with Crippen LogP contribution in [0.2, 0.25) is 0 Å². The van der Waals surface area contributed by atoms with Crippen LogP contribution in [0.5, 0.6) is 5.75 Å². The van der Waals surface area contributed by atoms with Gasteiger partial charge in [-0.25, -0.2) is 4.98 Å². The lowest BCUT2D eigenvalue weighted by Crippen LogP contribution is -2.43. The number of piperidine rings is 1. The molecule has 122 valence electrons. The zero-order chi connectivity index (χ0) is 15.8. The van der Waals surface area contributed by atoms with Crippen molar-refractivity contribution in [1.82, 2.24) is 10.3 Å². The van der Waals surface area contributed by atoms with E-state index in [-0.39, 0.29) is 11.8 Å². The van der Waals surface area contributed by atoms with E-state index in [0.717, 1.165) is 59.9 Å². The molecule has 5 nitrogen and oxygen atoms in total. The number of ether oxygens (including phenoxy) is 1. The van der Waals surface area contributed by atoms with Gasteiger partial charge in [-0.1, -0.05) is 11.3 Å². The predicted octanol–water partition coefficient (Wildman–Crippen LogP) is 2.80. The third-order valence-corrected chi connectivity index (χ3v) is 5.65. The number of thiazole rings is 1. The van der Waals surface area contributed by atoms with E-state index in [2.05, 4.69) is 10.2 Å². The van der Waals surface area contributed by atoms with Crippen LogP contribution >= 0.6 is 11.3 Å². The number of carbonyl (C=O) groups is 1. The Kier molecular flexibility index (Phi) is 3.85. The minimum Gasteiger partial charge on any atom is -0.497 e. The Morgan fingerprint density at radius 2 is 2.26 bits per heavy atom. The number of nitrogens with one attached hydrogen (secondary N) is 1. The lowest BCUT2D eigenvalue weighted by Gasteiger charge is -2.31. The molecule has 1 atom stereocenters. The number of fused-ring (bicyclic) bond motifs is 1. The van der Waals surface area contributed by atoms with E-state index in [0.29, 0.717) is 6.04 Å². The van der Waals surface area contributed by atoms with Gasteiger partial charge in [-0.3, -0.25) is 4.79 Å². The van der Waals surface area contributed by atoms with Crippen molar-refractivity contribution in [2.75, 3.05) is 25.1 Å². The molecule has 2 fully saturated rings. The van der Waals surface area contributed by atoms with Gasteiger partial charge in [0.2, 0.25) is 5.91 Å². The van der Waals surface area contributed by atoms with Gasteiger partial charge >= 0.3 is 0 Å². The largest absolute Gasteiger partial charge is 0.497 e. The van der Waals surface area contributed by atoms with Gasteiger partial charge in [0.15, 0.2) is 5.13 Å². The van der Waals surface area contributed by atoms with Crippen molar-refractivity contribution in [2.45, 2.75) is 31.7 Å². The van der Waals surface area contributed by atoms with Gasteiger partial charge in [0.25, 0.3) is 0 Å². The Balaban J connectivity index is 1.51. The van der Waals surface area contributed by atoms with E-state index in [1.54, 1.807) is 18.4 Å². The van der Waals surface area contributed by atoms with Crippen LogP contribution in [0.3, 0.4) is 0 Å². The summed E-state index contributed by atoms with van der Waals surface area (Å²) in [5.74, 6) is 1.17. The number of methoxy groups -OCH3 is 1. The Bertz CT molecular complexity index is 726. The van der Waals surface area contributed by atoms with Gasteiger partial charge in [-0.15, -0.1) is 0 Å². The van der Waals surface area contributed by atoms with Crippen molar-refractivity contribution in [2.24, 2.45) is 5.92 Å². The number of rotatable bonds is 4. The smallest absolute Gasteiger partial charge is 0.225 e. The van der Waals surface area contributed by atoms with Crippen LogP contribution in [-0.4, -0.2) is 37.1 Å². The number of anilines is 1. The summed E-state index contributed by atoms with van der Waals surface area (Å²) < 4.78 is 6.41. The van der Waals surface area contributed by atoms with Crippen molar-refractivity contribution in [3.8, 4) is 5.75 Å². The first kappa shape index (κ1) is 14.8. The van der Waals surface area contributed by atoms with E-state index < -0.39 is 0 Å². The lowest BCUT2D eigenvalue weighted by molar-refractivity contribution is -0.125. The number of benzene rings is 1. The minimum atomic E-state index is 0.0888. The first-order chi connectivity index (χ1) is 11.2. The molecule has 2 aliphatic rings. The molecule has 0 radical (unpaired) electrons. The average molecular weight is 331 g/mol. The van der Waals surface area contributed by atoms with Crippen LogP contribution in [0.4, 0.5) is 5.13 Å².